The highest BCUT2D eigenvalue weighted by molar-refractivity contribution is 9.10. The number of nitrogens with one attached hydrogen (secondary N) is 1. The number of amides is 1. The van der Waals surface area contributed by atoms with Crippen molar-refractivity contribution >= 4 is 50.9 Å². The molecular formula is C28H27BrCl2N2O4. The highest BCUT2D eigenvalue weighted by atomic mass is 79.9. The average molecular weight is 606 g/mol. The number of aliphatic imine (C=N–C) groups is 1. The number of carbonyl (C=O) groups excluding carboxylic acids is 1. The van der Waals surface area contributed by atoms with Gasteiger partial charge in [0.2, 0.25) is 5.90 Å². The van der Waals surface area contributed by atoms with Crippen molar-refractivity contribution in [2.24, 2.45) is 4.99 Å². The third-order valence-electron chi connectivity index (χ3n) is 6.20. The van der Waals surface area contributed by atoms with Crippen LogP contribution in [0, 0.1) is 0 Å². The molecule has 0 unspecified atom stereocenters. The summed E-state index contributed by atoms with van der Waals surface area (Å²) in [7, 11) is 0. The predicted molar refractivity (Wildman–Crippen MR) is 150 cm³/mol. The normalized spacial score (nSPS) is 18.7. The third kappa shape index (κ3) is 6.47. The summed E-state index contributed by atoms with van der Waals surface area (Å²) < 4.78 is 12.7. The van der Waals surface area contributed by atoms with Crippen LogP contribution in [0.5, 0.6) is 5.75 Å². The maximum absolute atomic E-state index is 13.8. The zero-order valence-electron chi connectivity index (χ0n) is 20.2. The lowest BCUT2D eigenvalue weighted by Crippen LogP contribution is -2.52. The molecule has 0 aliphatic carbocycles. The van der Waals surface area contributed by atoms with Crippen molar-refractivity contribution in [2.45, 2.75) is 38.0 Å². The highest BCUT2D eigenvalue weighted by Crippen LogP contribution is 2.35. The Labute approximate surface area is 234 Å². The summed E-state index contributed by atoms with van der Waals surface area (Å²) in [6, 6.07) is 20.3. The van der Waals surface area contributed by atoms with E-state index in [1.807, 2.05) is 55.5 Å². The molecule has 0 saturated heterocycles. The number of ether oxygens (including phenoxy) is 2. The van der Waals surface area contributed by atoms with E-state index in [2.05, 4.69) is 21.2 Å². The number of aliphatic hydroxyl groups is 1. The zero-order chi connectivity index (χ0) is 26.4. The Morgan fingerprint density at radius 2 is 1.89 bits per heavy atom. The van der Waals surface area contributed by atoms with Crippen LogP contribution in [-0.4, -0.2) is 41.8 Å². The number of halogens is 3. The Hall–Kier alpha value is -2.58. The molecule has 1 aliphatic heterocycles. The minimum absolute atomic E-state index is 0.0759. The Balaban J connectivity index is 1.62. The van der Waals surface area contributed by atoms with Crippen LogP contribution in [0.1, 0.15) is 30.0 Å². The number of rotatable bonds is 10. The molecule has 2 atom stereocenters. The van der Waals surface area contributed by atoms with E-state index >= 15 is 0 Å². The second-order valence-electron chi connectivity index (χ2n) is 8.74. The smallest absolute Gasteiger partial charge is 0.252 e. The monoisotopic (exact) mass is 604 g/mol. The van der Waals surface area contributed by atoms with Gasteiger partial charge in [0.1, 0.15) is 11.9 Å². The van der Waals surface area contributed by atoms with Crippen molar-refractivity contribution in [3.8, 4) is 5.75 Å². The molecule has 0 fully saturated rings. The van der Waals surface area contributed by atoms with Gasteiger partial charge in [0.15, 0.2) is 5.54 Å². The molecule has 0 spiro atoms. The summed E-state index contributed by atoms with van der Waals surface area (Å²) in [5, 5.41) is 13.0. The highest BCUT2D eigenvalue weighted by Gasteiger charge is 2.50. The van der Waals surface area contributed by atoms with Crippen molar-refractivity contribution < 1.29 is 19.4 Å². The molecule has 1 heterocycles. The van der Waals surface area contributed by atoms with Gasteiger partial charge in [-0.05, 0) is 60.5 Å². The number of benzene rings is 3. The fraction of sp³-hybridized carbons (Fsp3) is 0.286. The van der Waals surface area contributed by atoms with E-state index in [9.17, 15) is 4.79 Å². The van der Waals surface area contributed by atoms with Crippen molar-refractivity contribution in [3.05, 3.63) is 97.9 Å². The van der Waals surface area contributed by atoms with E-state index in [0.717, 1.165) is 21.2 Å². The van der Waals surface area contributed by atoms with Crippen molar-refractivity contribution in [2.75, 3.05) is 13.2 Å². The molecule has 1 aliphatic rings. The number of nitrogens with zero attached hydrogens (tertiary/aromatic N) is 1. The topological polar surface area (TPSA) is 80.2 Å². The van der Waals surface area contributed by atoms with Crippen LogP contribution in [0.4, 0.5) is 0 Å². The van der Waals surface area contributed by atoms with Crippen LogP contribution in [0.25, 0.3) is 0 Å². The van der Waals surface area contributed by atoms with E-state index in [-0.39, 0.29) is 19.1 Å². The van der Waals surface area contributed by atoms with Crippen LogP contribution in [-0.2, 0) is 22.5 Å². The van der Waals surface area contributed by atoms with Gasteiger partial charge in [-0.1, -0.05) is 63.4 Å². The van der Waals surface area contributed by atoms with Crippen molar-refractivity contribution in [1.82, 2.24) is 5.32 Å². The zero-order valence-corrected chi connectivity index (χ0v) is 23.3. The molecule has 0 saturated carbocycles. The molecule has 1 amide bonds. The molecular weight excluding hydrogens is 579 g/mol. The number of carbonyl (C=O) groups is 1. The van der Waals surface area contributed by atoms with Crippen molar-refractivity contribution in [1.29, 1.82) is 0 Å². The minimum Gasteiger partial charge on any atom is -0.494 e. The van der Waals surface area contributed by atoms with Gasteiger partial charge >= 0.3 is 0 Å². The summed E-state index contributed by atoms with van der Waals surface area (Å²) >= 11 is 15.9. The quantitative estimate of drug-likeness (QED) is 0.279. The van der Waals surface area contributed by atoms with Gasteiger partial charge in [0.05, 0.1) is 6.61 Å². The van der Waals surface area contributed by atoms with Gasteiger partial charge < -0.3 is 19.9 Å². The summed E-state index contributed by atoms with van der Waals surface area (Å²) in [4.78, 5) is 18.7. The van der Waals surface area contributed by atoms with Crippen molar-refractivity contribution in [3.63, 3.8) is 0 Å². The van der Waals surface area contributed by atoms with Gasteiger partial charge in [-0.3, -0.25) is 4.79 Å². The Kier molecular flexibility index (Phi) is 9.13. The predicted octanol–water partition coefficient (Wildman–Crippen LogP) is 5.98. The first-order valence-electron chi connectivity index (χ1n) is 11.9. The first-order valence-corrected chi connectivity index (χ1v) is 13.4. The molecule has 0 bridgehead atoms. The Morgan fingerprint density at radius 3 is 2.59 bits per heavy atom. The van der Waals surface area contributed by atoms with Gasteiger partial charge in [-0.25, -0.2) is 4.99 Å². The molecule has 3 aromatic carbocycles. The number of aliphatic hydroxyl groups excluding tert-OH is 1. The van der Waals surface area contributed by atoms with Crippen LogP contribution in [0.15, 0.2) is 76.2 Å². The lowest BCUT2D eigenvalue weighted by molar-refractivity contribution is -0.128. The molecule has 37 heavy (non-hydrogen) atoms. The second kappa shape index (κ2) is 12.3. The lowest BCUT2D eigenvalue weighted by atomic mass is 9.86. The summed E-state index contributed by atoms with van der Waals surface area (Å²) in [6.45, 7) is 2.59. The van der Waals surface area contributed by atoms with E-state index in [4.69, 9.17) is 42.8 Å². The van der Waals surface area contributed by atoms with Crippen LogP contribution >= 0.6 is 39.1 Å². The van der Waals surface area contributed by atoms with Gasteiger partial charge in [0, 0.05) is 46.1 Å². The van der Waals surface area contributed by atoms with E-state index in [1.165, 1.54) is 0 Å². The second-order valence-corrected chi connectivity index (χ2v) is 10.4. The van der Waals surface area contributed by atoms with Gasteiger partial charge in [0.25, 0.3) is 5.91 Å². The summed E-state index contributed by atoms with van der Waals surface area (Å²) in [5.41, 5.74) is 1.23. The van der Waals surface area contributed by atoms with E-state index < -0.39 is 11.6 Å². The van der Waals surface area contributed by atoms with E-state index in [0.29, 0.717) is 41.1 Å². The SMILES string of the molecule is C[C@H]1OC(c2ccc(OCCCO)cc2)=N[C@@]1(Cc1ccccc1Br)C(=O)NCc1ccc(Cl)cc1Cl. The van der Waals surface area contributed by atoms with Crippen LogP contribution in [0.2, 0.25) is 10.0 Å². The average Bonchev–Trinajstić information content (AvgIpc) is 3.22. The molecule has 194 valence electrons. The summed E-state index contributed by atoms with van der Waals surface area (Å²) in [5.74, 6) is 0.808. The standard InChI is InChI=1S/C28H27BrCl2N2O4/c1-18-28(16-20-5-2-3-6-24(20)29,27(35)32-17-21-7-10-22(30)15-25(21)31)33-26(37-18)19-8-11-23(12-9-19)36-14-4-13-34/h2-3,5-12,15,18,34H,4,13-14,16-17H2,1H3,(H,32,35)/t18-,28-/m1/s1. The van der Waals surface area contributed by atoms with Crippen LogP contribution < -0.4 is 10.1 Å². The molecule has 6 nitrogen and oxygen atoms in total. The third-order valence-corrected chi connectivity index (χ3v) is 7.56. The first kappa shape index (κ1) is 27.5. The number of hydrogen-bond acceptors (Lipinski definition) is 5. The maximum atomic E-state index is 13.8. The fourth-order valence-corrected chi connectivity index (χ4v) is 4.97. The Morgan fingerprint density at radius 1 is 1.14 bits per heavy atom. The largest absolute Gasteiger partial charge is 0.494 e. The Bertz CT molecular complexity index is 1290. The molecule has 2 N–H and O–H groups in total. The summed E-state index contributed by atoms with van der Waals surface area (Å²) in [6.07, 6.45) is 0.362. The molecule has 3 aromatic rings. The lowest BCUT2D eigenvalue weighted by Gasteiger charge is -2.28. The van der Waals surface area contributed by atoms with Gasteiger partial charge in [-0.2, -0.15) is 0 Å². The van der Waals surface area contributed by atoms with Gasteiger partial charge in [-0.15, -0.1) is 0 Å². The molecule has 0 aromatic heterocycles. The molecule has 4 rings (SSSR count). The maximum Gasteiger partial charge on any atom is 0.252 e. The number of hydrogen-bond donors (Lipinski definition) is 2. The minimum atomic E-state index is -1.20. The first-order chi connectivity index (χ1) is 17.8. The van der Waals surface area contributed by atoms with E-state index in [1.54, 1.807) is 18.2 Å². The van der Waals surface area contributed by atoms with Crippen LogP contribution in [0.3, 0.4) is 0 Å². The molecule has 0 radical (unpaired) electrons. The molecule has 9 heteroatoms. The fourth-order valence-electron chi connectivity index (χ4n) is 4.07.